The lowest BCUT2D eigenvalue weighted by molar-refractivity contribution is 0.128. The van der Waals surface area contributed by atoms with Crippen LogP contribution in [-0.4, -0.2) is 28.2 Å². The number of hydrogen-bond acceptors (Lipinski definition) is 4. The number of hydrogen-bond donors (Lipinski definition) is 2. The molecular weight excluding hydrogens is 288 g/mol. The minimum Gasteiger partial charge on any atom is -0.397 e. The Morgan fingerprint density at radius 1 is 1.19 bits per heavy atom. The number of benzene rings is 1. The number of nitrogens with two attached hydrogens (primary N) is 1. The molecule has 0 aliphatic rings. The smallest absolute Gasteiger partial charge is 0.242 e. The molecule has 0 saturated heterocycles. The fourth-order valence-corrected chi connectivity index (χ4v) is 3.34. The molecule has 0 atom stereocenters. The van der Waals surface area contributed by atoms with E-state index in [9.17, 15) is 8.42 Å². The highest BCUT2D eigenvalue weighted by atomic mass is 32.2. The third-order valence-electron chi connectivity index (χ3n) is 3.26. The van der Waals surface area contributed by atoms with E-state index >= 15 is 0 Å². The van der Waals surface area contributed by atoms with Crippen LogP contribution < -0.4 is 10.5 Å². The second-order valence-electron chi connectivity index (χ2n) is 5.63. The van der Waals surface area contributed by atoms with Crippen LogP contribution in [0.25, 0.3) is 0 Å². The van der Waals surface area contributed by atoms with Gasteiger partial charge in [0.1, 0.15) is 4.90 Å². The van der Waals surface area contributed by atoms with Gasteiger partial charge in [0.15, 0.2) is 0 Å². The lowest BCUT2D eigenvalue weighted by Gasteiger charge is -2.13. The molecule has 0 fully saturated rings. The molecule has 1 aromatic carbocycles. The number of aryl methyl sites for hydroxylation is 2. The van der Waals surface area contributed by atoms with E-state index in [1.807, 2.05) is 6.07 Å². The van der Waals surface area contributed by atoms with Crippen molar-refractivity contribution in [3.63, 3.8) is 0 Å². The Bertz CT molecular complexity index is 569. The summed E-state index contributed by atoms with van der Waals surface area (Å²) in [5, 5.41) is 0. The minimum atomic E-state index is -3.60. The molecule has 0 radical (unpaired) electrons. The van der Waals surface area contributed by atoms with E-state index in [0.717, 1.165) is 12.0 Å². The van der Waals surface area contributed by atoms with Crippen LogP contribution in [0.5, 0.6) is 0 Å². The molecule has 0 bridgehead atoms. The van der Waals surface area contributed by atoms with Crippen molar-refractivity contribution < 1.29 is 13.2 Å². The number of nitrogen functional groups attached to an aromatic ring is 1. The molecule has 0 heterocycles. The minimum absolute atomic E-state index is 0.171. The van der Waals surface area contributed by atoms with Gasteiger partial charge in [-0.3, -0.25) is 0 Å². The van der Waals surface area contributed by atoms with Crippen LogP contribution >= 0.6 is 0 Å². The number of rotatable bonds is 8. The Balaban J connectivity index is 2.61. The maximum atomic E-state index is 12.3. The molecule has 0 unspecified atom stereocenters. The van der Waals surface area contributed by atoms with Gasteiger partial charge in [0.25, 0.3) is 0 Å². The number of ether oxygens (including phenoxy) is 1. The van der Waals surface area contributed by atoms with Crippen LogP contribution in [0.1, 0.15) is 31.4 Å². The molecule has 0 amide bonds. The zero-order chi connectivity index (χ0) is 16.0. The Labute approximate surface area is 127 Å². The molecule has 0 aliphatic heterocycles. The van der Waals surface area contributed by atoms with Crippen molar-refractivity contribution in [3.05, 3.63) is 23.3 Å². The first kappa shape index (κ1) is 17.9. The molecule has 0 aromatic heterocycles. The maximum Gasteiger partial charge on any atom is 0.242 e. The fraction of sp³-hybridized carbons (Fsp3) is 0.600. The van der Waals surface area contributed by atoms with Crippen molar-refractivity contribution in [1.82, 2.24) is 4.72 Å². The Morgan fingerprint density at radius 2 is 1.81 bits per heavy atom. The van der Waals surface area contributed by atoms with Crippen molar-refractivity contribution in [2.75, 3.05) is 25.5 Å². The molecule has 3 N–H and O–H groups in total. The molecule has 0 aliphatic carbocycles. The molecule has 120 valence electrons. The third kappa shape index (κ3) is 5.30. The monoisotopic (exact) mass is 314 g/mol. The first-order valence-electron chi connectivity index (χ1n) is 7.18. The topological polar surface area (TPSA) is 81.4 Å². The summed E-state index contributed by atoms with van der Waals surface area (Å²) < 4.78 is 32.6. The van der Waals surface area contributed by atoms with Gasteiger partial charge < -0.3 is 10.5 Å². The zero-order valence-electron chi connectivity index (χ0n) is 13.3. The number of nitrogens with one attached hydrogen (secondary N) is 1. The van der Waals surface area contributed by atoms with Crippen molar-refractivity contribution in [1.29, 1.82) is 0 Å². The highest BCUT2D eigenvalue weighted by Crippen LogP contribution is 2.25. The molecule has 6 heteroatoms. The summed E-state index contributed by atoms with van der Waals surface area (Å²) >= 11 is 0. The Hall–Kier alpha value is -1.11. The Morgan fingerprint density at radius 3 is 2.43 bits per heavy atom. The van der Waals surface area contributed by atoms with Gasteiger partial charge >= 0.3 is 0 Å². The summed E-state index contributed by atoms with van der Waals surface area (Å²) in [6, 6.07) is 3.58. The standard InChI is InChI=1S/C15H26N2O3S/c1-11(2)7-9-20-10-8-17-21(18,19)15-13(4)6-5-12(3)14(15)16/h5-6,11,17H,7-10,16H2,1-4H3. The molecular formula is C15H26N2O3S. The summed E-state index contributed by atoms with van der Waals surface area (Å²) in [6.45, 7) is 9.02. The first-order chi connectivity index (χ1) is 9.75. The van der Waals surface area contributed by atoms with Gasteiger partial charge in [-0.05, 0) is 37.3 Å². The predicted octanol–water partition coefficient (Wildman–Crippen LogP) is 2.23. The van der Waals surface area contributed by atoms with Gasteiger partial charge in [-0.1, -0.05) is 26.0 Å². The van der Waals surface area contributed by atoms with Crippen LogP contribution in [0, 0.1) is 19.8 Å². The van der Waals surface area contributed by atoms with E-state index in [4.69, 9.17) is 10.5 Å². The van der Waals surface area contributed by atoms with Gasteiger partial charge in [0, 0.05) is 13.2 Å². The predicted molar refractivity (Wildman–Crippen MR) is 85.8 cm³/mol. The SMILES string of the molecule is Cc1ccc(C)c(S(=O)(=O)NCCOCCC(C)C)c1N. The molecule has 1 rings (SSSR count). The Kier molecular flexibility index (Phi) is 6.64. The second-order valence-corrected chi connectivity index (χ2v) is 7.34. The van der Waals surface area contributed by atoms with Gasteiger partial charge in [-0.15, -0.1) is 0 Å². The van der Waals surface area contributed by atoms with E-state index in [1.165, 1.54) is 0 Å². The van der Waals surface area contributed by atoms with Crippen LogP contribution in [0.3, 0.4) is 0 Å². The summed E-state index contributed by atoms with van der Waals surface area (Å²) in [5.41, 5.74) is 7.62. The summed E-state index contributed by atoms with van der Waals surface area (Å²) in [4.78, 5) is 0.171. The first-order valence-corrected chi connectivity index (χ1v) is 8.67. The number of sulfonamides is 1. The lowest BCUT2D eigenvalue weighted by Crippen LogP contribution is -2.29. The summed E-state index contributed by atoms with van der Waals surface area (Å²) in [5.74, 6) is 0.580. The maximum absolute atomic E-state index is 12.3. The summed E-state index contributed by atoms with van der Waals surface area (Å²) in [6.07, 6.45) is 0.969. The highest BCUT2D eigenvalue weighted by molar-refractivity contribution is 7.89. The molecule has 1 aromatic rings. The van der Waals surface area contributed by atoms with Crippen LogP contribution in [0.2, 0.25) is 0 Å². The van der Waals surface area contributed by atoms with E-state index in [-0.39, 0.29) is 11.4 Å². The fourth-order valence-electron chi connectivity index (χ4n) is 1.91. The normalized spacial score (nSPS) is 12.0. The van der Waals surface area contributed by atoms with Crippen molar-refractivity contribution in [3.8, 4) is 0 Å². The van der Waals surface area contributed by atoms with Gasteiger partial charge in [-0.25, -0.2) is 13.1 Å². The molecule has 0 spiro atoms. The second kappa shape index (κ2) is 7.77. The van der Waals surface area contributed by atoms with Crippen LogP contribution in [-0.2, 0) is 14.8 Å². The average molecular weight is 314 g/mol. The van der Waals surface area contributed by atoms with Crippen molar-refractivity contribution in [2.45, 2.75) is 39.0 Å². The molecule has 5 nitrogen and oxygen atoms in total. The quantitative estimate of drug-likeness (QED) is 0.569. The number of anilines is 1. The van der Waals surface area contributed by atoms with Gasteiger partial charge in [0.2, 0.25) is 10.0 Å². The van der Waals surface area contributed by atoms with Gasteiger partial charge in [-0.2, -0.15) is 0 Å². The van der Waals surface area contributed by atoms with E-state index in [1.54, 1.807) is 19.9 Å². The molecule has 21 heavy (non-hydrogen) atoms. The third-order valence-corrected chi connectivity index (χ3v) is 4.92. The van der Waals surface area contributed by atoms with Crippen LogP contribution in [0.4, 0.5) is 5.69 Å². The average Bonchev–Trinajstić information content (AvgIpc) is 2.38. The van der Waals surface area contributed by atoms with E-state index < -0.39 is 10.0 Å². The zero-order valence-corrected chi connectivity index (χ0v) is 14.1. The van der Waals surface area contributed by atoms with Crippen molar-refractivity contribution in [2.24, 2.45) is 5.92 Å². The molecule has 0 saturated carbocycles. The van der Waals surface area contributed by atoms with Crippen LogP contribution in [0.15, 0.2) is 17.0 Å². The van der Waals surface area contributed by atoms with Crippen molar-refractivity contribution >= 4 is 15.7 Å². The lowest BCUT2D eigenvalue weighted by atomic mass is 10.1. The van der Waals surface area contributed by atoms with E-state index in [2.05, 4.69) is 18.6 Å². The van der Waals surface area contributed by atoms with E-state index in [0.29, 0.717) is 30.4 Å². The summed E-state index contributed by atoms with van der Waals surface area (Å²) in [7, 11) is -3.60. The van der Waals surface area contributed by atoms with Gasteiger partial charge in [0.05, 0.1) is 12.3 Å². The largest absolute Gasteiger partial charge is 0.397 e. The highest BCUT2D eigenvalue weighted by Gasteiger charge is 2.20.